The van der Waals surface area contributed by atoms with Crippen molar-refractivity contribution < 1.29 is 4.74 Å². The van der Waals surface area contributed by atoms with Gasteiger partial charge in [0.25, 0.3) is 0 Å². The number of methoxy groups -OCH3 is 1. The molecule has 0 fully saturated rings. The van der Waals surface area contributed by atoms with Gasteiger partial charge in [0.1, 0.15) is 5.75 Å². The maximum atomic E-state index is 5.55. The third-order valence-electron chi connectivity index (χ3n) is 5.00. The summed E-state index contributed by atoms with van der Waals surface area (Å²) >= 11 is 1.70. The Morgan fingerprint density at radius 2 is 1.85 bits per heavy atom. The average Bonchev–Trinajstić information content (AvgIpc) is 3.26. The van der Waals surface area contributed by atoms with Crippen molar-refractivity contribution in [2.45, 2.75) is 19.5 Å². The highest BCUT2D eigenvalue weighted by atomic mass is 32.1. The first-order chi connectivity index (χ1) is 13.3. The number of rotatable bonds is 6. The summed E-state index contributed by atoms with van der Waals surface area (Å²) in [6, 6.07) is 23.9. The van der Waals surface area contributed by atoms with Gasteiger partial charge < -0.3 is 10.1 Å². The molecule has 1 heterocycles. The SMILES string of the molecule is COc1ccc(CN[C@H](C)c2cccc3ccccc23)cc1-c1ccsc1. The van der Waals surface area contributed by atoms with Crippen LogP contribution >= 0.6 is 11.3 Å². The van der Waals surface area contributed by atoms with Crippen LogP contribution in [0, 0.1) is 0 Å². The van der Waals surface area contributed by atoms with E-state index in [9.17, 15) is 0 Å². The van der Waals surface area contributed by atoms with E-state index in [2.05, 4.69) is 89.7 Å². The van der Waals surface area contributed by atoms with E-state index >= 15 is 0 Å². The summed E-state index contributed by atoms with van der Waals surface area (Å²) in [7, 11) is 1.73. The predicted molar refractivity (Wildman–Crippen MR) is 116 cm³/mol. The Hall–Kier alpha value is -2.62. The summed E-state index contributed by atoms with van der Waals surface area (Å²) in [5.74, 6) is 0.916. The van der Waals surface area contributed by atoms with Crippen LogP contribution in [0.25, 0.3) is 21.9 Å². The van der Waals surface area contributed by atoms with Crippen molar-refractivity contribution in [1.82, 2.24) is 5.32 Å². The van der Waals surface area contributed by atoms with Gasteiger partial charge in [-0.1, -0.05) is 48.5 Å². The molecule has 0 unspecified atom stereocenters. The number of ether oxygens (including phenoxy) is 1. The van der Waals surface area contributed by atoms with E-state index in [0.29, 0.717) is 0 Å². The monoisotopic (exact) mass is 373 g/mol. The second-order valence-electron chi connectivity index (χ2n) is 6.72. The summed E-state index contributed by atoms with van der Waals surface area (Å²) in [5, 5.41) is 10.5. The minimum atomic E-state index is 0.266. The van der Waals surface area contributed by atoms with Crippen LogP contribution in [-0.2, 0) is 6.54 Å². The highest BCUT2D eigenvalue weighted by Gasteiger charge is 2.11. The first-order valence-electron chi connectivity index (χ1n) is 9.17. The topological polar surface area (TPSA) is 21.3 Å². The van der Waals surface area contributed by atoms with Gasteiger partial charge in [-0.3, -0.25) is 0 Å². The number of thiophene rings is 1. The molecule has 27 heavy (non-hydrogen) atoms. The molecular weight excluding hydrogens is 350 g/mol. The van der Waals surface area contributed by atoms with Gasteiger partial charge >= 0.3 is 0 Å². The fourth-order valence-corrected chi connectivity index (χ4v) is 4.17. The summed E-state index contributed by atoms with van der Waals surface area (Å²) in [4.78, 5) is 0. The quantitative estimate of drug-likeness (QED) is 0.420. The summed E-state index contributed by atoms with van der Waals surface area (Å²) in [6.45, 7) is 3.04. The summed E-state index contributed by atoms with van der Waals surface area (Å²) in [6.07, 6.45) is 0. The van der Waals surface area contributed by atoms with Gasteiger partial charge in [-0.25, -0.2) is 0 Å². The number of benzene rings is 3. The third-order valence-corrected chi connectivity index (χ3v) is 5.68. The molecule has 0 radical (unpaired) electrons. The lowest BCUT2D eigenvalue weighted by Crippen LogP contribution is -2.18. The van der Waals surface area contributed by atoms with Crippen molar-refractivity contribution >= 4 is 22.1 Å². The Bertz CT molecular complexity index is 1030. The van der Waals surface area contributed by atoms with Crippen LogP contribution in [0.1, 0.15) is 24.1 Å². The summed E-state index contributed by atoms with van der Waals surface area (Å²) in [5.41, 5.74) is 4.94. The van der Waals surface area contributed by atoms with Crippen LogP contribution in [0.15, 0.2) is 77.5 Å². The van der Waals surface area contributed by atoms with Crippen molar-refractivity contribution in [2.24, 2.45) is 0 Å². The Labute approximate surface area is 164 Å². The van der Waals surface area contributed by atoms with E-state index in [0.717, 1.165) is 17.9 Å². The molecule has 3 aromatic carbocycles. The number of fused-ring (bicyclic) bond motifs is 1. The van der Waals surface area contributed by atoms with Crippen molar-refractivity contribution in [3.63, 3.8) is 0 Å². The van der Waals surface area contributed by atoms with Crippen LogP contribution in [0.4, 0.5) is 0 Å². The van der Waals surface area contributed by atoms with Crippen molar-refractivity contribution in [1.29, 1.82) is 0 Å². The zero-order valence-electron chi connectivity index (χ0n) is 15.6. The standard InChI is InChI=1S/C24H23NOS/c1-17(21-9-5-7-19-6-3-4-8-22(19)21)25-15-18-10-11-24(26-2)23(14-18)20-12-13-27-16-20/h3-14,16-17,25H,15H2,1-2H3/t17-/m1/s1. The molecule has 3 heteroatoms. The first kappa shape index (κ1) is 17.8. The van der Waals surface area contributed by atoms with Gasteiger partial charge in [0.05, 0.1) is 7.11 Å². The maximum Gasteiger partial charge on any atom is 0.126 e. The molecule has 0 aliphatic rings. The second kappa shape index (κ2) is 7.95. The number of hydrogen-bond acceptors (Lipinski definition) is 3. The molecule has 0 spiro atoms. The van der Waals surface area contributed by atoms with Gasteiger partial charge in [-0.15, -0.1) is 0 Å². The van der Waals surface area contributed by atoms with Crippen LogP contribution in [-0.4, -0.2) is 7.11 Å². The number of hydrogen-bond donors (Lipinski definition) is 1. The highest BCUT2D eigenvalue weighted by molar-refractivity contribution is 7.08. The largest absolute Gasteiger partial charge is 0.496 e. The Morgan fingerprint density at radius 3 is 2.67 bits per heavy atom. The predicted octanol–water partition coefficient (Wildman–Crippen LogP) is 6.43. The molecule has 1 atom stereocenters. The van der Waals surface area contributed by atoms with Crippen LogP contribution in [0.3, 0.4) is 0 Å². The fraction of sp³-hybridized carbons (Fsp3) is 0.167. The molecule has 1 N–H and O–H groups in total. The lowest BCUT2D eigenvalue weighted by molar-refractivity contribution is 0.416. The molecule has 4 rings (SSSR count). The number of nitrogens with one attached hydrogen (secondary N) is 1. The first-order valence-corrected chi connectivity index (χ1v) is 10.1. The van der Waals surface area contributed by atoms with Crippen LogP contribution in [0.5, 0.6) is 5.75 Å². The second-order valence-corrected chi connectivity index (χ2v) is 7.50. The molecule has 0 aliphatic heterocycles. The van der Waals surface area contributed by atoms with E-state index in [1.54, 1.807) is 18.4 Å². The summed E-state index contributed by atoms with van der Waals surface area (Å²) < 4.78 is 5.55. The Morgan fingerprint density at radius 1 is 1.00 bits per heavy atom. The molecular formula is C24H23NOS. The van der Waals surface area contributed by atoms with E-state index in [4.69, 9.17) is 4.74 Å². The van der Waals surface area contributed by atoms with Crippen molar-refractivity contribution in [3.8, 4) is 16.9 Å². The zero-order valence-corrected chi connectivity index (χ0v) is 16.4. The molecule has 0 amide bonds. The minimum Gasteiger partial charge on any atom is -0.496 e. The van der Waals surface area contributed by atoms with Gasteiger partial charge in [0.15, 0.2) is 0 Å². The van der Waals surface area contributed by atoms with Gasteiger partial charge in [0, 0.05) is 18.2 Å². The highest BCUT2D eigenvalue weighted by Crippen LogP contribution is 2.32. The van der Waals surface area contributed by atoms with Crippen LogP contribution in [0.2, 0.25) is 0 Å². The Kier molecular flexibility index (Phi) is 5.23. The average molecular weight is 374 g/mol. The zero-order chi connectivity index (χ0) is 18.6. The molecule has 136 valence electrons. The molecule has 0 saturated heterocycles. The Balaban J connectivity index is 1.55. The van der Waals surface area contributed by atoms with Gasteiger partial charge in [-0.05, 0) is 63.3 Å². The van der Waals surface area contributed by atoms with E-state index in [1.807, 2.05) is 0 Å². The smallest absolute Gasteiger partial charge is 0.126 e. The van der Waals surface area contributed by atoms with E-state index in [-0.39, 0.29) is 6.04 Å². The molecule has 0 saturated carbocycles. The van der Waals surface area contributed by atoms with Crippen molar-refractivity contribution in [3.05, 3.63) is 88.6 Å². The fourth-order valence-electron chi connectivity index (χ4n) is 3.52. The van der Waals surface area contributed by atoms with Crippen LogP contribution < -0.4 is 10.1 Å². The molecule has 4 aromatic rings. The van der Waals surface area contributed by atoms with Crippen molar-refractivity contribution in [2.75, 3.05) is 7.11 Å². The molecule has 1 aromatic heterocycles. The molecule has 2 nitrogen and oxygen atoms in total. The van der Waals surface area contributed by atoms with E-state index < -0.39 is 0 Å². The van der Waals surface area contributed by atoms with E-state index in [1.165, 1.54) is 27.5 Å². The molecule has 0 bridgehead atoms. The van der Waals surface area contributed by atoms with Gasteiger partial charge in [0.2, 0.25) is 0 Å². The lowest BCUT2D eigenvalue weighted by Gasteiger charge is -2.17. The normalized spacial score (nSPS) is 12.2. The lowest BCUT2D eigenvalue weighted by atomic mass is 9.99. The third kappa shape index (κ3) is 3.75. The molecule has 0 aliphatic carbocycles. The van der Waals surface area contributed by atoms with Gasteiger partial charge in [-0.2, -0.15) is 11.3 Å². The maximum absolute atomic E-state index is 5.55. The minimum absolute atomic E-state index is 0.266.